The standard InChI is InChI=1S/C15H20O7/c1-4-21-12(16)6-5-9-22-11-8-7-10(15(18)20-3)13(17)14(11)19-2/h7-8,17H,4-6,9H2,1-3H3. The van der Waals surface area contributed by atoms with E-state index in [1.54, 1.807) is 6.92 Å². The van der Waals surface area contributed by atoms with Gasteiger partial charge < -0.3 is 24.1 Å². The van der Waals surface area contributed by atoms with E-state index in [1.807, 2.05) is 0 Å². The highest BCUT2D eigenvalue weighted by Gasteiger charge is 2.19. The van der Waals surface area contributed by atoms with Crippen LogP contribution in [0.1, 0.15) is 30.1 Å². The zero-order valence-electron chi connectivity index (χ0n) is 12.9. The molecule has 0 aromatic heterocycles. The first kappa shape index (κ1) is 17.6. The summed E-state index contributed by atoms with van der Waals surface area (Å²) in [5, 5.41) is 10.0. The average Bonchev–Trinajstić information content (AvgIpc) is 2.51. The highest BCUT2D eigenvalue weighted by Crippen LogP contribution is 2.39. The van der Waals surface area contributed by atoms with Gasteiger partial charge in [0.2, 0.25) is 5.75 Å². The van der Waals surface area contributed by atoms with Crippen LogP contribution < -0.4 is 9.47 Å². The van der Waals surface area contributed by atoms with Gasteiger partial charge in [0.15, 0.2) is 11.5 Å². The number of methoxy groups -OCH3 is 2. The predicted octanol–water partition coefficient (Wildman–Crippen LogP) is 1.91. The van der Waals surface area contributed by atoms with Crippen LogP contribution in [-0.4, -0.2) is 44.5 Å². The minimum atomic E-state index is -0.676. The highest BCUT2D eigenvalue weighted by atomic mass is 16.5. The molecule has 0 unspecified atom stereocenters. The number of carbonyl (C=O) groups excluding carboxylic acids is 2. The van der Waals surface area contributed by atoms with E-state index in [9.17, 15) is 14.7 Å². The van der Waals surface area contributed by atoms with E-state index in [2.05, 4.69) is 4.74 Å². The molecule has 0 spiro atoms. The summed E-state index contributed by atoms with van der Waals surface area (Å²) in [5.41, 5.74) is -0.0155. The minimum Gasteiger partial charge on any atom is -0.504 e. The largest absolute Gasteiger partial charge is 0.504 e. The molecule has 22 heavy (non-hydrogen) atoms. The Labute approximate surface area is 128 Å². The number of benzene rings is 1. The van der Waals surface area contributed by atoms with Gasteiger partial charge in [-0.2, -0.15) is 0 Å². The Morgan fingerprint density at radius 1 is 1.23 bits per heavy atom. The summed E-state index contributed by atoms with van der Waals surface area (Å²) in [7, 11) is 2.57. The van der Waals surface area contributed by atoms with Gasteiger partial charge in [0.25, 0.3) is 0 Å². The third-order valence-corrected chi connectivity index (χ3v) is 2.79. The van der Waals surface area contributed by atoms with Gasteiger partial charge in [-0.25, -0.2) is 4.79 Å². The fraction of sp³-hybridized carbons (Fsp3) is 0.467. The maximum Gasteiger partial charge on any atom is 0.341 e. The summed E-state index contributed by atoms with van der Waals surface area (Å²) in [6, 6.07) is 2.87. The van der Waals surface area contributed by atoms with Crippen LogP contribution in [0.25, 0.3) is 0 Å². The molecule has 0 amide bonds. The van der Waals surface area contributed by atoms with Crippen molar-refractivity contribution in [2.24, 2.45) is 0 Å². The van der Waals surface area contributed by atoms with Gasteiger partial charge in [0.1, 0.15) is 5.56 Å². The van der Waals surface area contributed by atoms with Crippen molar-refractivity contribution in [2.75, 3.05) is 27.4 Å². The first-order valence-electron chi connectivity index (χ1n) is 6.81. The number of phenolic OH excluding ortho intramolecular Hbond substituents is 1. The number of aromatic hydroxyl groups is 1. The molecule has 7 heteroatoms. The number of esters is 2. The van der Waals surface area contributed by atoms with Crippen LogP contribution in [0.4, 0.5) is 0 Å². The molecular formula is C15H20O7. The summed E-state index contributed by atoms with van der Waals surface area (Å²) in [6.45, 7) is 2.33. The molecule has 0 bridgehead atoms. The van der Waals surface area contributed by atoms with Crippen molar-refractivity contribution >= 4 is 11.9 Å². The number of phenols is 1. The third kappa shape index (κ3) is 4.54. The van der Waals surface area contributed by atoms with Crippen molar-refractivity contribution in [1.82, 2.24) is 0 Å². The smallest absolute Gasteiger partial charge is 0.341 e. The maximum atomic E-state index is 11.5. The van der Waals surface area contributed by atoms with E-state index in [4.69, 9.17) is 14.2 Å². The van der Waals surface area contributed by atoms with E-state index in [1.165, 1.54) is 26.4 Å². The maximum absolute atomic E-state index is 11.5. The fourth-order valence-corrected chi connectivity index (χ4v) is 1.77. The zero-order chi connectivity index (χ0) is 16.5. The van der Waals surface area contributed by atoms with Crippen LogP contribution >= 0.6 is 0 Å². The summed E-state index contributed by atoms with van der Waals surface area (Å²) in [6.07, 6.45) is 0.698. The lowest BCUT2D eigenvalue weighted by molar-refractivity contribution is -0.143. The molecule has 1 N–H and O–H groups in total. The molecule has 0 atom stereocenters. The van der Waals surface area contributed by atoms with Gasteiger partial charge in [0, 0.05) is 6.42 Å². The molecule has 1 rings (SSSR count). The van der Waals surface area contributed by atoms with E-state index in [0.29, 0.717) is 13.0 Å². The Morgan fingerprint density at radius 3 is 2.55 bits per heavy atom. The quantitative estimate of drug-likeness (QED) is 0.579. The summed E-state index contributed by atoms with van der Waals surface area (Å²) < 4.78 is 19.9. The SMILES string of the molecule is CCOC(=O)CCCOc1ccc(C(=O)OC)c(O)c1OC. The Hall–Kier alpha value is -2.44. The topological polar surface area (TPSA) is 91.3 Å². The molecule has 7 nitrogen and oxygen atoms in total. The van der Waals surface area contributed by atoms with Gasteiger partial charge in [-0.05, 0) is 25.5 Å². The van der Waals surface area contributed by atoms with Gasteiger partial charge in [0.05, 0.1) is 27.4 Å². The molecule has 0 fully saturated rings. The molecule has 0 aliphatic carbocycles. The van der Waals surface area contributed by atoms with Crippen LogP contribution in [0.3, 0.4) is 0 Å². The zero-order valence-corrected chi connectivity index (χ0v) is 12.9. The van der Waals surface area contributed by atoms with Crippen molar-refractivity contribution in [3.63, 3.8) is 0 Å². The molecular weight excluding hydrogens is 292 g/mol. The first-order valence-corrected chi connectivity index (χ1v) is 6.81. The van der Waals surface area contributed by atoms with Crippen LogP contribution in [0, 0.1) is 0 Å². The number of carbonyl (C=O) groups is 2. The second kappa shape index (κ2) is 8.76. The van der Waals surface area contributed by atoms with Gasteiger partial charge in [-0.1, -0.05) is 0 Å². The molecule has 0 heterocycles. The van der Waals surface area contributed by atoms with Crippen LogP contribution in [0.15, 0.2) is 12.1 Å². The summed E-state index contributed by atoms with van der Waals surface area (Å²) in [4.78, 5) is 22.7. The van der Waals surface area contributed by atoms with E-state index in [-0.39, 0.29) is 41.8 Å². The van der Waals surface area contributed by atoms with E-state index >= 15 is 0 Å². The van der Waals surface area contributed by atoms with Crippen molar-refractivity contribution < 1.29 is 33.6 Å². The molecule has 0 saturated carbocycles. The molecule has 0 saturated heterocycles. The first-order chi connectivity index (χ1) is 10.5. The third-order valence-electron chi connectivity index (χ3n) is 2.79. The minimum absolute atomic E-state index is 0.0155. The summed E-state index contributed by atoms with van der Waals surface area (Å²) in [5.74, 6) is -1.00. The monoisotopic (exact) mass is 312 g/mol. The van der Waals surface area contributed by atoms with Crippen LogP contribution in [0.5, 0.6) is 17.2 Å². The van der Waals surface area contributed by atoms with E-state index in [0.717, 1.165) is 0 Å². The van der Waals surface area contributed by atoms with Crippen LogP contribution in [-0.2, 0) is 14.3 Å². The van der Waals surface area contributed by atoms with Crippen molar-refractivity contribution in [2.45, 2.75) is 19.8 Å². The Balaban J connectivity index is 2.69. The second-order valence-corrected chi connectivity index (χ2v) is 4.24. The fourth-order valence-electron chi connectivity index (χ4n) is 1.77. The molecule has 0 radical (unpaired) electrons. The van der Waals surface area contributed by atoms with Crippen molar-refractivity contribution in [3.05, 3.63) is 17.7 Å². The average molecular weight is 312 g/mol. The molecule has 1 aromatic carbocycles. The Morgan fingerprint density at radius 2 is 1.95 bits per heavy atom. The van der Waals surface area contributed by atoms with Crippen molar-refractivity contribution in [1.29, 1.82) is 0 Å². The normalized spacial score (nSPS) is 9.95. The van der Waals surface area contributed by atoms with Crippen molar-refractivity contribution in [3.8, 4) is 17.2 Å². The highest BCUT2D eigenvalue weighted by molar-refractivity contribution is 5.93. The molecule has 0 aliphatic heterocycles. The second-order valence-electron chi connectivity index (χ2n) is 4.24. The van der Waals surface area contributed by atoms with Gasteiger partial charge in [-0.15, -0.1) is 0 Å². The lowest BCUT2D eigenvalue weighted by Crippen LogP contribution is -2.08. The Bertz CT molecular complexity index is 525. The molecule has 1 aromatic rings. The molecule has 0 aliphatic rings. The number of ether oxygens (including phenoxy) is 4. The summed E-state index contributed by atoms with van der Waals surface area (Å²) >= 11 is 0. The predicted molar refractivity (Wildman–Crippen MR) is 77.4 cm³/mol. The number of rotatable bonds is 8. The molecule has 122 valence electrons. The Kier molecular flexibility index (Phi) is 7.01. The van der Waals surface area contributed by atoms with Gasteiger partial charge in [-0.3, -0.25) is 4.79 Å². The lowest BCUT2D eigenvalue weighted by atomic mass is 10.1. The number of hydrogen-bond donors (Lipinski definition) is 1. The number of hydrogen-bond acceptors (Lipinski definition) is 7. The van der Waals surface area contributed by atoms with Gasteiger partial charge >= 0.3 is 11.9 Å². The van der Waals surface area contributed by atoms with Crippen LogP contribution in [0.2, 0.25) is 0 Å². The lowest BCUT2D eigenvalue weighted by Gasteiger charge is -2.13. The van der Waals surface area contributed by atoms with E-state index < -0.39 is 5.97 Å².